The Morgan fingerprint density at radius 3 is 2.74 bits per heavy atom. The third-order valence-electron chi connectivity index (χ3n) is 6.40. The lowest BCUT2D eigenvalue weighted by Crippen LogP contribution is -2.35. The van der Waals surface area contributed by atoms with E-state index in [1.165, 1.54) is 12.4 Å². The quantitative estimate of drug-likeness (QED) is 0.602. The molecule has 3 aliphatic rings. The molecule has 2 heterocycles. The summed E-state index contributed by atoms with van der Waals surface area (Å²) in [6.45, 7) is 1.01. The second-order valence-corrected chi connectivity index (χ2v) is 8.61. The Morgan fingerprint density at radius 1 is 1.09 bits per heavy atom. The zero-order valence-electron chi connectivity index (χ0n) is 18.4. The first-order chi connectivity index (χ1) is 16.5. The van der Waals surface area contributed by atoms with Gasteiger partial charge in [-0.15, -0.1) is 0 Å². The predicted molar refractivity (Wildman–Crippen MR) is 121 cm³/mol. The van der Waals surface area contributed by atoms with Crippen LogP contribution in [0.3, 0.4) is 0 Å². The molecule has 2 aliphatic carbocycles. The fraction of sp³-hybridized carbons (Fsp3) is 0.320. The van der Waals surface area contributed by atoms with Gasteiger partial charge in [0.15, 0.2) is 0 Å². The summed E-state index contributed by atoms with van der Waals surface area (Å²) in [6, 6.07) is 7.01. The third kappa shape index (κ3) is 4.41. The van der Waals surface area contributed by atoms with Crippen LogP contribution in [-0.4, -0.2) is 45.5 Å². The fourth-order valence-electron chi connectivity index (χ4n) is 4.62. The van der Waals surface area contributed by atoms with Crippen molar-refractivity contribution in [3.8, 4) is 5.75 Å². The Balaban J connectivity index is 1.21. The van der Waals surface area contributed by atoms with Crippen molar-refractivity contribution in [1.82, 2.24) is 20.6 Å². The molecule has 1 saturated carbocycles. The Labute approximate surface area is 195 Å². The number of carboxylic acids is 1. The molecule has 1 aliphatic heterocycles. The Morgan fingerprint density at radius 2 is 1.91 bits per heavy atom. The van der Waals surface area contributed by atoms with Crippen LogP contribution in [0.15, 0.2) is 53.9 Å². The molecule has 9 nitrogen and oxygen atoms in total. The van der Waals surface area contributed by atoms with Gasteiger partial charge in [0.25, 0.3) is 11.8 Å². The van der Waals surface area contributed by atoms with E-state index in [1.807, 2.05) is 24.3 Å². The highest BCUT2D eigenvalue weighted by molar-refractivity contribution is 5.97. The SMILES string of the molecule is O=C(NCc1ccc2c(c1)CCO2)c1cc(C(=O)N[C@H]2CCC3=CC(C(=O)O)CC=C32)ncn1. The van der Waals surface area contributed by atoms with Crippen LogP contribution in [0.25, 0.3) is 0 Å². The van der Waals surface area contributed by atoms with Crippen LogP contribution in [0.4, 0.5) is 0 Å². The first-order valence-corrected chi connectivity index (χ1v) is 11.3. The molecule has 34 heavy (non-hydrogen) atoms. The third-order valence-corrected chi connectivity index (χ3v) is 6.40. The van der Waals surface area contributed by atoms with Gasteiger partial charge in [0.05, 0.1) is 18.6 Å². The van der Waals surface area contributed by atoms with Gasteiger partial charge in [0.1, 0.15) is 23.5 Å². The molecule has 174 valence electrons. The number of hydrogen-bond donors (Lipinski definition) is 3. The van der Waals surface area contributed by atoms with E-state index >= 15 is 0 Å². The minimum Gasteiger partial charge on any atom is -0.493 e. The largest absolute Gasteiger partial charge is 0.493 e. The number of fused-ring (bicyclic) bond motifs is 2. The van der Waals surface area contributed by atoms with E-state index in [9.17, 15) is 19.5 Å². The molecule has 0 saturated heterocycles. The summed E-state index contributed by atoms with van der Waals surface area (Å²) in [4.78, 5) is 44.7. The topological polar surface area (TPSA) is 131 Å². The summed E-state index contributed by atoms with van der Waals surface area (Å²) in [5, 5.41) is 15.0. The average molecular weight is 460 g/mol. The van der Waals surface area contributed by atoms with E-state index in [0.29, 0.717) is 32.4 Å². The average Bonchev–Trinajstić information content (AvgIpc) is 3.48. The van der Waals surface area contributed by atoms with Crippen molar-refractivity contribution in [3.05, 3.63) is 76.4 Å². The van der Waals surface area contributed by atoms with E-state index in [2.05, 4.69) is 20.6 Å². The summed E-state index contributed by atoms with van der Waals surface area (Å²) in [6.07, 6.45) is 7.56. The summed E-state index contributed by atoms with van der Waals surface area (Å²) in [5.41, 5.74) is 4.25. The van der Waals surface area contributed by atoms with E-state index < -0.39 is 23.7 Å². The van der Waals surface area contributed by atoms with E-state index in [0.717, 1.165) is 34.4 Å². The number of carboxylic acid groups (broad SMARTS) is 1. The maximum atomic E-state index is 12.8. The van der Waals surface area contributed by atoms with Crippen molar-refractivity contribution in [2.24, 2.45) is 5.92 Å². The van der Waals surface area contributed by atoms with Crippen molar-refractivity contribution in [2.75, 3.05) is 6.61 Å². The minimum absolute atomic E-state index is 0.104. The zero-order valence-corrected chi connectivity index (χ0v) is 18.4. The molecule has 1 aromatic carbocycles. The summed E-state index contributed by atoms with van der Waals surface area (Å²) >= 11 is 0. The second kappa shape index (κ2) is 9.09. The molecule has 0 radical (unpaired) electrons. The van der Waals surface area contributed by atoms with Crippen LogP contribution >= 0.6 is 0 Å². The summed E-state index contributed by atoms with van der Waals surface area (Å²) < 4.78 is 5.50. The Kier molecular flexibility index (Phi) is 5.83. The van der Waals surface area contributed by atoms with Crippen molar-refractivity contribution in [1.29, 1.82) is 0 Å². The zero-order chi connectivity index (χ0) is 23.7. The van der Waals surface area contributed by atoms with Gasteiger partial charge in [0.2, 0.25) is 0 Å². The monoisotopic (exact) mass is 460 g/mol. The molecule has 1 fully saturated rings. The van der Waals surface area contributed by atoms with Crippen LogP contribution in [0.1, 0.15) is 51.4 Å². The smallest absolute Gasteiger partial charge is 0.310 e. The van der Waals surface area contributed by atoms with Crippen LogP contribution in [-0.2, 0) is 17.8 Å². The Hall–Kier alpha value is -4.01. The normalized spacial score (nSPS) is 20.4. The van der Waals surface area contributed by atoms with E-state index in [4.69, 9.17) is 4.74 Å². The molecule has 0 bridgehead atoms. The number of amides is 2. The highest BCUT2D eigenvalue weighted by Crippen LogP contribution is 2.36. The van der Waals surface area contributed by atoms with Crippen molar-refractivity contribution >= 4 is 17.8 Å². The number of nitrogens with one attached hydrogen (secondary N) is 2. The number of hydrogen-bond acceptors (Lipinski definition) is 6. The fourth-order valence-corrected chi connectivity index (χ4v) is 4.62. The van der Waals surface area contributed by atoms with Crippen LogP contribution in [0, 0.1) is 5.92 Å². The Bertz CT molecular complexity index is 1240. The molecule has 1 unspecified atom stereocenters. The lowest BCUT2D eigenvalue weighted by molar-refractivity contribution is -0.140. The van der Waals surface area contributed by atoms with Crippen molar-refractivity contribution in [3.63, 3.8) is 0 Å². The van der Waals surface area contributed by atoms with Crippen LogP contribution in [0.2, 0.25) is 0 Å². The van der Waals surface area contributed by atoms with Gasteiger partial charge in [-0.3, -0.25) is 14.4 Å². The molecule has 2 aromatic rings. The van der Waals surface area contributed by atoms with Crippen molar-refractivity contribution < 1.29 is 24.2 Å². The molecule has 9 heteroatoms. The first kappa shape index (κ1) is 21.8. The molecule has 1 aromatic heterocycles. The number of carbonyl (C=O) groups excluding carboxylic acids is 2. The minimum atomic E-state index is -0.840. The standard InChI is InChI=1S/C25H24N4O5/c30-23(26-12-14-1-6-22-16(9-14)7-8-34-22)20-11-21(28-13-27-20)24(31)29-19-5-3-15-10-17(25(32)33)2-4-18(15)19/h1,4,6,9-11,13,17,19H,2-3,5,7-8,12H2,(H,26,30)(H,29,31)(H,32,33)/t17?,19-/m0/s1. The molecule has 0 spiro atoms. The molecule has 5 rings (SSSR count). The van der Waals surface area contributed by atoms with Gasteiger partial charge in [-0.25, -0.2) is 9.97 Å². The number of carbonyl (C=O) groups is 3. The molecule has 2 amide bonds. The van der Waals surface area contributed by atoms with Crippen molar-refractivity contribution in [2.45, 2.75) is 38.3 Å². The summed E-state index contributed by atoms with van der Waals surface area (Å²) in [5.74, 6) is -1.26. The molecule has 3 N–H and O–H groups in total. The summed E-state index contributed by atoms with van der Waals surface area (Å²) in [7, 11) is 0. The molecular formula is C25H24N4O5. The number of aromatic nitrogens is 2. The number of aliphatic carboxylic acids is 1. The van der Waals surface area contributed by atoms with Gasteiger partial charge < -0.3 is 20.5 Å². The van der Waals surface area contributed by atoms with Gasteiger partial charge in [-0.2, -0.15) is 0 Å². The molecule has 2 atom stereocenters. The van der Waals surface area contributed by atoms with E-state index in [1.54, 1.807) is 6.08 Å². The van der Waals surface area contributed by atoms with Crippen LogP contribution < -0.4 is 15.4 Å². The number of benzene rings is 1. The lowest BCUT2D eigenvalue weighted by atomic mass is 9.91. The number of ether oxygens (including phenoxy) is 1. The number of rotatable bonds is 6. The van der Waals surface area contributed by atoms with E-state index in [-0.39, 0.29) is 17.4 Å². The maximum Gasteiger partial charge on any atom is 0.310 e. The van der Waals surface area contributed by atoms with Crippen LogP contribution in [0.5, 0.6) is 5.75 Å². The van der Waals surface area contributed by atoms with Gasteiger partial charge in [0, 0.05) is 19.0 Å². The van der Waals surface area contributed by atoms with Gasteiger partial charge in [-0.05, 0) is 47.6 Å². The highest BCUT2D eigenvalue weighted by Gasteiger charge is 2.31. The molecular weight excluding hydrogens is 436 g/mol. The van der Waals surface area contributed by atoms with Gasteiger partial charge in [-0.1, -0.05) is 24.3 Å². The first-order valence-electron chi connectivity index (χ1n) is 11.3. The number of allylic oxidation sites excluding steroid dienone is 1. The predicted octanol–water partition coefficient (Wildman–Crippen LogP) is 2.19. The number of nitrogens with zero attached hydrogens (tertiary/aromatic N) is 2. The lowest BCUT2D eigenvalue weighted by Gasteiger charge is -2.19. The van der Waals surface area contributed by atoms with Gasteiger partial charge >= 0.3 is 5.97 Å². The second-order valence-electron chi connectivity index (χ2n) is 8.61. The maximum absolute atomic E-state index is 12.8. The highest BCUT2D eigenvalue weighted by atomic mass is 16.5.